The first-order chi connectivity index (χ1) is 8.49. The van der Waals surface area contributed by atoms with Crippen LogP contribution in [0.25, 0.3) is 0 Å². The number of alkyl halides is 2. The predicted molar refractivity (Wildman–Crippen MR) is 63.4 cm³/mol. The molecular formula is C13H21F2NO2. The van der Waals surface area contributed by atoms with Gasteiger partial charge >= 0.3 is 11.9 Å². The van der Waals surface area contributed by atoms with Crippen molar-refractivity contribution < 1.29 is 18.3 Å². The summed E-state index contributed by atoms with van der Waals surface area (Å²) >= 11 is 0. The third kappa shape index (κ3) is 3.19. The minimum atomic E-state index is -3.29. The lowest BCUT2D eigenvalue weighted by atomic mass is 9.80. The maximum atomic E-state index is 12.9. The summed E-state index contributed by atoms with van der Waals surface area (Å²) in [7, 11) is 0. The highest BCUT2D eigenvalue weighted by molar-refractivity contribution is 5.79. The van der Waals surface area contributed by atoms with Crippen LogP contribution >= 0.6 is 0 Å². The first-order valence-electron chi connectivity index (χ1n) is 6.78. The van der Waals surface area contributed by atoms with E-state index in [9.17, 15) is 13.6 Å². The third-order valence-corrected chi connectivity index (χ3v) is 4.12. The van der Waals surface area contributed by atoms with Gasteiger partial charge in [0, 0.05) is 6.54 Å². The number of nitrogens with one attached hydrogen (secondary N) is 1. The lowest BCUT2D eigenvalue weighted by Gasteiger charge is -2.29. The second-order valence-electron chi connectivity index (χ2n) is 5.62. The average molecular weight is 261 g/mol. The van der Waals surface area contributed by atoms with E-state index in [4.69, 9.17) is 0 Å². The average Bonchev–Trinajstić information content (AvgIpc) is 2.55. The second-order valence-corrected chi connectivity index (χ2v) is 5.62. The van der Waals surface area contributed by atoms with Crippen molar-refractivity contribution >= 4 is 5.97 Å². The number of carbonyl (C=O) groups is 1. The van der Waals surface area contributed by atoms with Crippen LogP contribution in [0.3, 0.4) is 0 Å². The summed E-state index contributed by atoms with van der Waals surface area (Å²) in [6.45, 7) is 3.42. The number of hydrogen-bond acceptors (Lipinski definition) is 3. The number of cyclic esters (lactones) is 1. The Bertz CT molecular complexity index is 309. The molecule has 1 aliphatic carbocycles. The molecule has 0 aromatic carbocycles. The van der Waals surface area contributed by atoms with E-state index in [1.165, 1.54) is 25.7 Å². The Morgan fingerprint density at radius 3 is 2.67 bits per heavy atom. The maximum Gasteiger partial charge on any atom is 0.377 e. The van der Waals surface area contributed by atoms with Crippen molar-refractivity contribution in [2.75, 3.05) is 13.1 Å². The molecule has 1 heterocycles. The van der Waals surface area contributed by atoms with Gasteiger partial charge in [0.1, 0.15) is 6.10 Å². The Hall–Kier alpha value is -0.710. The van der Waals surface area contributed by atoms with E-state index in [-0.39, 0.29) is 0 Å². The smallest absolute Gasteiger partial charge is 0.377 e. The Morgan fingerprint density at radius 1 is 1.33 bits per heavy atom. The van der Waals surface area contributed by atoms with Gasteiger partial charge in [-0.3, -0.25) is 0 Å². The fourth-order valence-corrected chi connectivity index (χ4v) is 2.89. The molecule has 0 radical (unpaired) electrons. The van der Waals surface area contributed by atoms with Crippen LogP contribution < -0.4 is 5.32 Å². The van der Waals surface area contributed by atoms with Gasteiger partial charge in [-0.25, -0.2) is 4.79 Å². The first-order valence-corrected chi connectivity index (χ1v) is 6.78. The third-order valence-electron chi connectivity index (χ3n) is 4.12. The standard InChI is InChI=1S/C13H21F2NO2/c1-9-4-2-3-5-10(9)7-16-8-11-6-13(14,15)12(17)18-11/h9-11,16H,2-8H2,1H3. The Kier molecular flexibility index (Phi) is 4.20. The van der Waals surface area contributed by atoms with Crippen LogP contribution in [-0.4, -0.2) is 31.1 Å². The minimum Gasteiger partial charge on any atom is -0.456 e. The molecular weight excluding hydrogens is 240 g/mol. The van der Waals surface area contributed by atoms with E-state index >= 15 is 0 Å². The molecule has 1 aliphatic heterocycles. The largest absolute Gasteiger partial charge is 0.456 e. The van der Waals surface area contributed by atoms with Gasteiger partial charge in [-0.1, -0.05) is 26.2 Å². The van der Waals surface area contributed by atoms with Crippen LogP contribution in [-0.2, 0) is 9.53 Å². The van der Waals surface area contributed by atoms with Crippen LogP contribution in [0.5, 0.6) is 0 Å². The van der Waals surface area contributed by atoms with Crippen molar-refractivity contribution in [2.24, 2.45) is 11.8 Å². The van der Waals surface area contributed by atoms with Crippen molar-refractivity contribution in [3.8, 4) is 0 Å². The van der Waals surface area contributed by atoms with Crippen molar-refractivity contribution in [3.63, 3.8) is 0 Å². The SMILES string of the molecule is CC1CCCCC1CNCC1CC(F)(F)C(=O)O1. The van der Waals surface area contributed by atoms with Crippen molar-refractivity contribution in [1.29, 1.82) is 0 Å². The minimum absolute atomic E-state index is 0.338. The predicted octanol–water partition coefficient (Wildman–Crippen LogP) is 2.35. The van der Waals surface area contributed by atoms with E-state index in [0.717, 1.165) is 6.54 Å². The molecule has 3 unspecified atom stereocenters. The number of esters is 1. The lowest BCUT2D eigenvalue weighted by molar-refractivity contribution is -0.159. The van der Waals surface area contributed by atoms with Crippen LogP contribution in [0, 0.1) is 11.8 Å². The van der Waals surface area contributed by atoms with Crippen molar-refractivity contribution in [1.82, 2.24) is 5.32 Å². The fourth-order valence-electron chi connectivity index (χ4n) is 2.89. The molecule has 104 valence electrons. The van der Waals surface area contributed by atoms with Crippen LogP contribution in [0.15, 0.2) is 0 Å². The topological polar surface area (TPSA) is 38.3 Å². The van der Waals surface area contributed by atoms with E-state index in [0.29, 0.717) is 18.4 Å². The van der Waals surface area contributed by atoms with Gasteiger partial charge in [0.25, 0.3) is 0 Å². The molecule has 2 aliphatic rings. The van der Waals surface area contributed by atoms with Gasteiger partial charge in [0.2, 0.25) is 0 Å². The van der Waals surface area contributed by atoms with Crippen molar-refractivity contribution in [2.45, 2.75) is 51.1 Å². The summed E-state index contributed by atoms with van der Waals surface area (Å²) in [5, 5.41) is 3.18. The van der Waals surface area contributed by atoms with E-state index in [1.54, 1.807) is 0 Å². The number of hydrogen-bond donors (Lipinski definition) is 1. The summed E-state index contributed by atoms with van der Waals surface area (Å²) in [5.74, 6) is -3.35. The van der Waals surface area contributed by atoms with Gasteiger partial charge in [-0.15, -0.1) is 0 Å². The molecule has 0 aromatic rings. The summed E-state index contributed by atoms with van der Waals surface area (Å²) in [6, 6.07) is 0. The summed E-state index contributed by atoms with van der Waals surface area (Å²) in [6.07, 6.45) is 3.85. The van der Waals surface area contributed by atoms with E-state index < -0.39 is 24.4 Å². The number of halogens is 2. The lowest BCUT2D eigenvalue weighted by Crippen LogP contribution is -2.34. The zero-order valence-electron chi connectivity index (χ0n) is 10.8. The quantitative estimate of drug-likeness (QED) is 0.789. The molecule has 3 nitrogen and oxygen atoms in total. The molecule has 2 fully saturated rings. The second kappa shape index (κ2) is 5.51. The molecule has 2 rings (SSSR count). The number of carbonyl (C=O) groups excluding carboxylic acids is 1. The van der Waals surface area contributed by atoms with Crippen LogP contribution in [0.2, 0.25) is 0 Å². The van der Waals surface area contributed by atoms with Crippen molar-refractivity contribution in [3.05, 3.63) is 0 Å². The molecule has 5 heteroatoms. The Morgan fingerprint density at radius 2 is 2.06 bits per heavy atom. The summed E-state index contributed by atoms with van der Waals surface area (Å²) in [5.41, 5.74) is 0. The summed E-state index contributed by atoms with van der Waals surface area (Å²) < 4.78 is 30.5. The van der Waals surface area contributed by atoms with Gasteiger partial charge in [-0.2, -0.15) is 8.78 Å². The Balaban J connectivity index is 1.68. The first kappa shape index (κ1) is 13.7. The molecule has 1 saturated heterocycles. The maximum absolute atomic E-state index is 12.9. The highest BCUT2D eigenvalue weighted by Gasteiger charge is 2.50. The zero-order valence-corrected chi connectivity index (χ0v) is 10.8. The number of rotatable bonds is 4. The highest BCUT2D eigenvalue weighted by atomic mass is 19.3. The van der Waals surface area contributed by atoms with Gasteiger partial charge in [0.15, 0.2) is 0 Å². The van der Waals surface area contributed by atoms with E-state index in [1.807, 2.05) is 0 Å². The molecule has 18 heavy (non-hydrogen) atoms. The monoisotopic (exact) mass is 261 g/mol. The van der Waals surface area contributed by atoms with Gasteiger partial charge in [0.05, 0.1) is 6.42 Å². The Labute approximate surface area is 106 Å². The fraction of sp³-hybridized carbons (Fsp3) is 0.923. The van der Waals surface area contributed by atoms with Crippen LogP contribution in [0.4, 0.5) is 8.78 Å². The molecule has 0 spiro atoms. The molecule has 0 bridgehead atoms. The molecule has 1 saturated carbocycles. The number of ether oxygens (including phenoxy) is 1. The molecule has 0 amide bonds. The molecule has 1 N–H and O–H groups in total. The van der Waals surface area contributed by atoms with Crippen LogP contribution in [0.1, 0.15) is 39.0 Å². The van der Waals surface area contributed by atoms with E-state index in [2.05, 4.69) is 17.0 Å². The molecule has 0 aromatic heterocycles. The summed E-state index contributed by atoms with van der Waals surface area (Å²) in [4.78, 5) is 10.8. The molecule has 3 atom stereocenters. The normalized spacial score (nSPS) is 35.5. The van der Waals surface area contributed by atoms with Gasteiger partial charge < -0.3 is 10.1 Å². The zero-order chi connectivity index (χ0) is 13.2. The highest BCUT2D eigenvalue weighted by Crippen LogP contribution is 2.31. The van der Waals surface area contributed by atoms with Gasteiger partial charge in [-0.05, 0) is 24.8 Å².